The van der Waals surface area contributed by atoms with Crippen LogP contribution in [0.5, 0.6) is 0 Å². The topological polar surface area (TPSA) is 73.9 Å². The van der Waals surface area contributed by atoms with Gasteiger partial charge < -0.3 is 14.6 Å². The number of carbonyl (C=O) groups is 1. The number of nitrogens with zero attached hydrogens (tertiary/aromatic N) is 1. The van der Waals surface area contributed by atoms with Gasteiger partial charge in [-0.15, -0.1) is 0 Å². The first-order chi connectivity index (χ1) is 8.47. The fourth-order valence-corrected chi connectivity index (χ4v) is 2.46. The summed E-state index contributed by atoms with van der Waals surface area (Å²) in [6, 6.07) is 1.78. The molecule has 1 aromatic rings. The second-order valence-corrected chi connectivity index (χ2v) is 5.05. The largest absolute Gasteiger partial charge is 0.475 e. The molecule has 0 saturated carbocycles. The maximum atomic E-state index is 10.9. The molecule has 0 aromatic carbocycles. The molecule has 2 atom stereocenters. The van der Waals surface area contributed by atoms with Crippen molar-refractivity contribution in [1.82, 2.24) is 4.90 Å². The molecule has 0 aliphatic carbocycles. The number of hydrogen-bond donors (Lipinski definition) is 2. The standard InChI is InChI=1S/C13H19NO4/c1-8-5-11(18-12(8)13(16)17)7-14-4-3-10(6-14)9(2)15/h5,9-10,15H,3-4,6-7H2,1-2H3,(H,16,17). The summed E-state index contributed by atoms with van der Waals surface area (Å²) in [5.41, 5.74) is 0.656. The van der Waals surface area contributed by atoms with Gasteiger partial charge in [0.25, 0.3) is 0 Å². The highest BCUT2D eigenvalue weighted by molar-refractivity contribution is 5.86. The highest BCUT2D eigenvalue weighted by Crippen LogP contribution is 2.23. The van der Waals surface area contributed by atoms with E-state index in [4.69, 9.17) is 9.52 Å². The Kier molecular flexibility index (Phi) is 3.73. The van der Waals surface area contributed by atoms with Crippen LogP contribution in [0.2, 0.25) is 0 Å². The number of hydrogen-bond acceptors (Lipinski definition) is 4. The van der Waals surface area contributed by atoms with Crippen LogP contribution in [0.3, 0.4) is 0 Å². The molecular formula is C13H19NO4. The average molecular weight is 253 g/mol. The molecule has 18 heavy (non-hydrogen) atoms. The van der Waals surface area contributed by atoms with Crippen LogP contribution >= 0.6 is 0 Å². The number of aliphatic hydroxyl groups is 1. The zero-order valence-electron chi connectivity index (χ0n) is 10.7. The predicted molar refractivity (Wildman–Crippen MR) is 65.5 cm³/mol. The first-order valence-electron chi connectivity index (χ1n) is 6.20. The van der Waals surface area contributed by atoms with E-state index in [9.17, 15) is 9.90 Å². The molecule has 1 aromatic heterocycles. The number of aryl methyl sites for hydroxylation is 1. The number of aromatic carboxylic acids is 1. The third-order valence-corrected chi connectivity index (χ3v) is 3.53. The summed E-state index contributed by atoms with van der Waals surface area (Å²) in [7, 11) is 0. The second-order valence-electron chi connectivity index (χ2n) is 5.05. The maximum Gasteiger partial charge on any atom is 0.372 e. The van der Waals surface area contributed by atoms with Crippen LogP contribution in [0.1, 0.15) is 35.2 Å². The lowest BCUT2D eigenvalue weighted by molar-refractivity contribution is 0.0657. The van der Waals surface area contributed by atoms with Gasteiger partial charge in [-0.05, 0) is 38.8 Å². The molecule has 0 amide bonds. The van der Waals surface area contributed by atoms with Crippen LogP contribution < -0.4 is 0 Å². The minimum Gasteiger partial charge on any atom is -0.475 e. The van der Waals surface area contributed by atoms with Crippen molar-refractivity contribution in [3.8, 4) is 0 Å². The number of rotatable bonds is 4. The van der Waals surface area contributed by atoms with Crippen molar-refractivity contribution in [2.24, 2.45) is 5.92 Å². The van der Waals surface area contributed by atoms with E-state index in [0.29, 0.717) is 23.8 Å². The van der Waals surface area contributed by atoms with Crippen molar-refractivity contribution < 1.29 is 19.4 Å². The summed E-state index contributed by atoms with van der Waals surface area (Å²) in [6.45, 7) is 5.90. The molecule has 1 aliphatic heterocycles. The lowest BCUT2D eigenvalue weighted by Crippen LogP contribution is -2.23. The van der Waals surface area contributed by atoms with E-state index in [1.807, 2.05) is 6.92 Å². The number of likely N-dealkylation sites (tertiary alicyclic amines) is 1. The highest BCUT2D eigenvalue weighted by atomic mass is 16.4. The molecule has 1 fully saturated rings. The molecule has 1 aliphatic rings. The lowest BCUT2D eigenvalue weighted by atomic mass is 10.0. The van der Waals surface area contributed by atoms with Crippen LogP contribution in [0.4, 0.5) is 0 Å². The molecule has 100 valence electrons. The van der Waals surface area contributed by atoms with Crippen molar-refractivity contribution >= 4 is 5.97 Å². The third-order valence-electron chi connectivity index (χ3n) is 3.53. The Hall–Kier alpha value is -1.33. The summed E-state index contributed by atoms with van der Waals surface area (Å²) in [5, 5.41) is 18.4. The molecular weight excluding hydrogens is 234 g/mol. The first-order valence-corrected chi connectivity index (χ1v) is 6.20. The second kappa shape index (κ2) is 5.12. The smallest absolute Gasteiger partial charge is 0.372 e. The van der Waals surface area contributed by atoms with Gasteiger partial charge in [0, 0.05) is 12.1 Å². The molecule has 2 N–H and O–H groups in total. The van der Waals surface area contributed by atoms with E-state index < -0.39 is 5.97 Å². The lowest BCUT2D eigenvalue weighted by Gasteiger charge is -2.15. The van der Waals surface area contributed by atoms with Gasteiger partial charge in [0.1, 0.15) is 5.76 Å². The molecule has 5 heteroatoms. The highest BCUT2D eigenvalue weighted by Gasteiger charge is 2.27. The molecule has 0 spiro atoms. The Labute approximate surface area is 106 Å². The van der Waals surface area contributed by atoms with Crippen molar-refractivity contribution in [2.75, 3.05) is 13.1 Å². The number of carboxylic acids is 1. The zero-order valence-corrected chi connectivity index (χ0v) is 10.7. The van der Waals surface area contributed by atoms with E-state index in [1.54, 1.807) is 13.0 Å². The average Bonchev–Trinajstić information content (AvgIpc) is 2.86. The van der Waals surface area contributed by atoms with E-state index in [0.717, 1.165) is 19.5 Å². The third kappa shape index (κ3) is 2.73. The molecule has 2 rings (SSSR count). The summed E-state index contributed by atoms with van der Waals surface area (Å²) in [6.07, 6.45) is 0.686. The molecule has 2 heterocycles. The Bertz CT molecular complexity index is 438. The Morgan fingerprint density at radius 1 is 1.67 bits per heavy atom. The van der Waals surface area contributed by atoms with E-state index in [-0.39, 0.29) is 11.9 Å². The van der Waals surface area contributed by atoms with Gasteiger partial charge >= 0.3 is 5.97 Å². The zero-order chi connectivity index (χ0) is 13.3. The van der Waals surface area contributed by atoms with Crippen LogP contribution in [-0.2, 0) is 6.54 Å². The van der Waals surface area contributed by atoms with Crippen LogP contribution in [0, 0.1) is 12.8 Å². The summed E-state index contributed by atoms with van der Waals surface area (Å²) < 4.78 is 5.33. The van der Waals surface area contributed by atoms with Crippen LogP contribution in [-0.4, -0.2) is 40.3 Å². The van der Waals surface area contributed by atoms with Gasteiger partial charge in [0.2, 0.25) is 5.76 Å². The minimum absolute atomic E-state index is 0.0243. The van der Waals surface area contributed by atoms with Crippen LogP contribution in [0.15, 0.2) is 10.5 Å². The normalized spacial score (nSPS) is 22.3. The van der Waals surface area contributed by atoms with Crippen molar-refractivity contribution in [3.63, 3.8) is 0 Å². The van der Waals surface area contributed by atoms with Gasteiger partial charge in [-0.3, -0.25) is 4.90 Å². The Balaban J connectivity index is 1.99. The molecule has 2 unspecified atom stereocenters. The molecule has 0 bridgehead atoms. The molecule has 0 radical (unpaired) electrons. The summed E-state index contributed by atoms with van der Waals surface area (Å²) in [5.74, 6) is -0.0190. The Morgan fingerprint density at radius 3 is 2.89 bits per heavy atom. The first kappa shape index (κ1) is 13.1. The minimum atomic E-state index is -1.03. The van der Waals surface area contributed by atoms with E-state index in [2.05, 4.69) is 4.90 Å². The van der Waals surface area contributed by atoms with E-state index >= 15 is 0 Å². The Morgan fingerprint density at radius 2 is 2.39 bits per heavy atom. The maximum absolute atomic E-state index is 10.9. The van der Waals surface area contributed by atoms with E-state index in [1.165, 1.54) is 0 Å². The number of aliphatic hydroxyl groups excluding tert-OH is 1. The number of carboxylic acid groups (broad SMARTS) is 1. The summed E-state index contributed by atoms with van der Waals surface area (Å²) in [4.78, 5) is 13.1. The summed E-state index contributed by atoms with van der Waals surface area (Å²) >= 11 is 0. The fraction of sp³-hybridized carbons (Fsp3) is 0.615. The fourth-order valence-electron chi connectivity index (χ4n) is 2.46. The predicted octanol–water partition coefficient (Wildman–Crippen LogP) is 1.49. The quantitative estimate of drug-likeness (QED) is 0.850. The molecule has 5 nitrogen and oxygen atoms in total. The van der Waals surface area contributed by atoms with Gasteiger partial charge in [-0.1, -0.05) is 0 Å². The van der Waals surface area contributed by atoms with Crippen LogP contribution in [0.25, 0.3) is 0 Å². The monoisotopic (exact) mass is 253 g/mol. The van der Waals surface area contributed by atoms with Gasteiger partial charge in [0.05, 0.1) is 12.6 Å². The molecule has 1 saturated heterocycles. The van der Waals surface area contributed by atoms with Gasteiger partial charge in [-0.2, -0.15) is 0 Å². The number of furan rings is 1. The van der Waals surface area contributed by atoms with Crippen molar-refractivity contribution in [3.05, 3.63) is 23.2 Å². The SMILES string of the molecule is Cc1cc(CN2CCC(C(C)O)C2)oc1C(=O)O. The van der Waals surface area contributed by atoms with Gasteiger partial charge in [-0.25, -0.2) is 4.79 Å². The van der Waals surface area contributed by atoms with Crippen molar-refractivity contribution in [2.45, 2.75) is 32.9 Å². The van der Waals surface area contributed by atoms with Gasteiger partial charge in [0.15, 0.2) is 0 Å². The van der Waals surface area contributed by atoms with Crippen molar-refractivity contribution in [1.29, 1.82) is 0 Å².